The molecule has 3 fully saturated rings. The third-order valence-electron chi connectivity index (χ3n) is 12.9. The van der Waals surface area contributed by atoms with Gasteiger partial charge in [0.05, 0.1) is 5.41 Å². The fourth-order valence-electron chi connectivity index (χ4n) is 10.7. The average molecular weight is 555 g/mol. The van der Waals surface area contributed by atoms with Crippen LogP contribution in [0.4, 0.5) is 0 Å². The summed E-state index contributed by atoms with van der Waals surface area (Å²) in [6.45, 7) is 18.9. The second kappa shape index (κ2) is 8.94. The Morgan fingerprint density at radius 1 is 0.850 bits per heavy atom. The number of carboxylic acids is 1. The highest BCUT2D eigenvalue weighted by Gasteiger charge is 2.69. The molecule has 6 heteroatoms. The highest BCUT2D eigenvalue weighted by Crippen LogP contribution is 2.74. The van der Waals surface area contributed by atoms with Crippen molar-refractivity contribution in [3.8, 4) is 0 Å². The molecule has 0 aromatic heterocycles. The van der Waals surface area contributed by atoms with Gasteiger partial charge >= 0.3 is 17.9 Å². The zero-order valence-electron chi connectivity index (χ0n) is 26.1. The normalized spacial score (nSPS) is 44.8. The molecule has 222 valence electrons. The summed E-state index contributed by atoms with van der Waals surface area (Å²) in [5.74, 6) is -0.984. The largest absolute Gasteiger partial charge is 0.481 e. The summed E-state index contributed by atoms with van der Waals surface area (Å²) in [7, 11) is 0. The lowest BCUT2D eigenvalue weighted by Gasteiger charge is -2.69. The predicted molar refractivity (Wildman–Crippen MR) is 153 cm³/mol. The molecule has 6 nitrogen and oxygen atoms in total. The van der Waals surface area contributed by atoms with Crippen LogP contribution in [0.15, 0.2) is 23.3 Å². The topological polar surface area (TPSA) is 89.9 Å². The zero-order chi connectivity index (χ0) is 29.7. The average Bonchev–Trinajstić information content (AvgIpc) is 2.81. The highest BCUT2D eigenvalue weighted by atomic mass is 16.6. The summed E-state index contributed by atoms with van der Waals surface area (Å²) >= 11 is 0. The van der Waals surface area contributed by atoms with E-state index < -0.39 is 29.0 Å². The Labute approximate surface area is 240 Å². The van der Waals surface area contributed by atoms with Crippen LogP contribution in [0.3, 0.4) is 0 Å². The molecule has 0 bridgehead atoms. The van der Waals surface area contributed by atoms with E-state index >= 15 is 0 Å². The van der Waals surface area contributed by atoms with Gasteiger partial charge in [-0.3, -0.25) is 14.4 Å². The lowest BCUT2D eigenvalue weighted by molar-refractivity contribution is -0.192. The molecule has 0 aliphatic heterocycles. The lowest BCUT2D eigenvalue weighted by Crippen LogP contribution is -2.64. The number of carbonyl (C=O) groups is 3. The molecule has 0 aromatic carbocycles. The predicted octanol–water partition coefficient (Wildman–Crippen LogP) is 7.27. The van der Waals surface area contributed by atoms with Crippen LogP contribution in [-0.4, -0.2) is 35.2 Å². The zero-order valence-corrected chi connectivity index (χ0v) is 26.1. The van der Waals surface area contributed by atoms with E-state index in [0.29, 0.717) is 12.3 Å². The Bertz CT molecular complexity index is 1190. The summed E-state index contributed by atoms with van der Waals surface area (Å²) in [4.78, 5) is 37.3. The van der Waals surface area contributed by atoms with E-state index in [4.69, 9.17) is 9.47 Å². The number of rotatable bonds is 3. The van der Waals surface area contributed by atoms with E-state index in [1.54, 1.807) is 0 Å². The molecule has 3 saturated carbocycles. The number of aliphatic carboxylic acids is 1. The lowest BCUT2D eigenvalue weighted by atomic mass is 9.35. The van der Waals surface area contributed by atoms with Gasteiger partial charge in [-0.1, -0.05) is 71.8 Å². The van der Waals surface area contributed by atoms with E-state index in [2.05, 4.69) is 60.6 Å². The van der Waals surface area contributed by atoms with Crippen molar-refractivity contribution in [2.75, 3.05) is 0 Å². The van der Waals surface area contributed by atoms with Gasteiger partial charge in [0.1, 0.15) is 12.2 Å². The monoisotopic (exact) mass is 554 g/mol. The minimum atomic E-state index is -0.659. The molecule has 40 heavy (non-hydrogen) atoms. The molecule has 0 aromatic rings. The third kappa shape index (κ3) is 3.90. The van der Waals surface area contributed by atoms with Crippen molar-refractivity contribution in [2.45, 2.75) is 126 Å². The number of carbonyl (C=O) groups excluding carboxylic acids is 2. The number of hydrogen-bond donors (Lipinski definition) is 1. The summed E-state index contributed by atoms with van der Waals surface area (Å²) in [6, 6.07) is 0. The summed E-state index contributed by atoms with van der Waals surface area (Å²) in [5.41, 5.74) is 1.20. The maximum absolute atomic E-state index is 12.9. The van der Waals surface area contributed by atoms with Crippen molar-refractivity contribution in [1.82, 2.24) is 0 Å². The molecule has 0 unspecified atom stereocenters. The van der Waals surface area contributed by atoms with Crippen LogP contribution < -0.4 is 0 Å². The number of hydrogen-bond acceptors (Lipinski definition) is 5. The van der Waals surface area contributed by atoms with Crippen LogP contribution in [0.2, 0.25) is 0 Å². The first-order valence-corrected chi connectivity index (χ1v) is 15.3. The van der Waals surface area contributed by atoms with Crippen LogP contribution in [0.25, 0.3) is 0 Å². The quantitative estimate of drug-likeness (QED) is 0.292. The molecule has 8 atom stereocenters. The Morgan fingerprint density at radius 2 is 1.48 bits per heavy atom. The van der Waals surface area contributed by atoms with Crippen molar-refractivity contribution in [2.24, 2.45) is 44.3 Å². The summed E-state index contributed by atoms with van der Waals surface area (Å²) < 4.78 is 11.8. The smallest absolute Gasteiger partial charge is 0.310 e. The Hall–Kier alpha value is -2.11. The van der Waals surface area contributed by atoms with Gasteiger partial charge in [0.15, 0.2) is 0 Å². The number of fused-ring (bicyclic) bond motifs is 7. The molecule has 0 amide bonds. The van der Waals surface area contributed by atoms with Crippen molar-refractivity contribution >= 4 is 17.9 Å². The van der Waals surface area contributed by atoms with Gasteiger partial charge in [0.25, 0.3) is 0 Å². The van der Waals surface area contributed by atoms with Crippen molar-refractivity contribution in [3.63, 3.8) is 0 Å². The molecule has 5 aliphatic carbocycles. The molecule has 0 saturated heterocycles. The van der Waals surface area contributed by atoms with E-state index in [1.165, 1.54) is 25.0 Å². The summed E-state index contributed by atoms with van der Waals surface area (Å²) in [5, 5.41) is 10.6. The third-order valence-corrected chi connectivity index (χ3v) is 12.9. The number of esters is 2. The first-order chi connectivity index (χ1) is 18.3. The molecular formula is C34H50O6. The van der Waals surface area contributed by atoms with Crippen molar-refractivity contribution in [1.29, 1.82) is 0 Å². The van der Waals surface area contributed by atoms with Crippen molar-refractivity contribution in [3.05, 3.63) is 23.3 Å². The standard InChI is InChI=1S/C34H50O6/c1-20(35)39-24-19-31(7)25(30(5,6)27(24)40-21(2)36)12-13-33(9)26(31)11-10-22-23-18-29(3,4)14-16-34(23,28(37)38)17-15-32(22,33)8/h10,12,23-24,26-27H,11,13-19H2,1-9H3,(H,37,38)/t23-,24-,26+,27+,31-,32+,33+,34-/m0/s1. The van der Waals surface area contributed by atoms with Gasteiger partial charge in [-0.05, 0) is 84.9 Å². The molecule has 5 aliphatic rings. The maximum Gasteiger partial charge on any atom is 0.310 e. The van der Waals surface area contributed by atoms with Crippen LogP contribution in [0.1, 0.15) is 114 Å². The second-order valence-corrected chi connectivity index (χ2v) is 15.9. The fourth-order valence-corrected chi connectivity index (χ4v) is 10.7. The second-order valence-electron chi connectivity index (χ2n) is 15.9. The maximum atomic E-state index is 12.9. The molecule has 0 radical (unpaired) electrons. The number of carboxylic acid groups (broad SMARTS) is 1. The first kappa shape index (κ1) is 29.4. The first-order valence-electron chi connectivity index (χ1n) is 15.3. The highest BCUT2D eigenvalue weighted by molar-refractivity contribution is 5.76. The Balaban J connectivity index is 1.61. The van der Waals surface area contributed by atoms with Gasteiger partial charge in [-0.25, -0.2) is 0 Å². The molecule has 1 N–H and O–H groups in total. The minimum absolute atomic E-state index is 0.0633. The fraction of sp³-hybridized carbons (Fsp3) is 0.794. The Kier molecular flexibility index (Phi) is 6.57. The van der Waals surface area contributed by atoms with Gasteiger partial charge in [-0.2, -0.15) is 0 Å². The van der Waals surface area contributed by atoms with Crippen LogP contribution >= 0.6 is 0 Å². The van der Waals surface area contributed by atoms with E-state index in [9.17, 15) is 19.5 Å². The van der Waals surface area contributed by atoms with Crippen LogP contribution in [0, 0.1) is 44.3 Å². The van der Waals surface area contributed by atoms with Gasteiger partial charge in [0.2, 0.25) is 0 Å². The SMILES string of the molecule is CC(=O)O[C@H]1C[C@@]2(C)C(=CC[C@]3(C)[C@@H]2CC=C2[C@@H]4CC(C)(C)CC[C@]4(C(=O)O)CC[C@]23C)C(C)(C)[C@@H]1OC(C)=O. The molecule has 5 rings (SSSR count). The van der Waals surface area contributed by atoms with Gasteiger partial charge in [0, 0.05) is 19.3 Å². The van der Waals surface area contributed by atoms with Gasteiger partial charge < -0.3 is 14.6 Å². The van der Waals surface area contributed by atoms with Crippen LogP contribution in [0.5, 0.6) is 0 Å². The van der Waals surface area contributed by atoms with Gasteiger partial charge in [-0.15, -0.1) is 0 Å². The Morgan fingerprint density at radius 3 is 2.08 bits per heavy atom. The van der Waals surface area contributed by atoms with Crippen LogP contribution in [-0.2, 0) is 23.9 Å². The molecule has 0 spiro atoms. The van der Waals surface area contributed by atoms with E-state index in [0.717, 1.165) is 44.9 Å². The minimum Gasteiger partial charge on any atom is -0.481 e. The number of allylic oxidation sites excluding steroid dienone is 3. The van der Waals surface area contributed by atoms with Crippen molar-refractivity contribution < 1.29 is 29.0 Å². The van der Waals surface area contributed by atoms with E-state index in [1.807, 2.05) is 0 Å². The van der Waals surface area contributed by atoms with E-state index in [-0.39, 0.29) is 39.5 Å². The number of ether oxygens (including phenoxy) is 2. The molecule has 0 heterocycles. The summed E-state index contributed by atoms with van der Waals surface area (Å²) in [6.07, 6.45) is 10.4. The molecular weight excluding hydrogens is 504 g/mol.